The van der Waals surface area contributed by atoms with Crippen molar-refractivity contribution in [1.82, 2.24) is 9.97 Å². The Kier molecular flexibility index (Phi) is 8.89. The number of rotatable bonds is 8. The summed E-state index contributed by atoms with van der Waals surface area (Å²) in [4.78, 5) is 24.1. The minimum Gasteiger partial charge on any atom is -0.377 e. The number of nitrogens with one attached hydrogen (secondary N) is 2. The average molecular weight is 602 g/mol. The molecule has 0 saturated carbocycles. The van der Waals surface area contributed by atoms with Gasteiger partial charge in [0.2, 0.25) is 0 Å². The maximum absolute atomic E-state index is 13.4. The molecule has 2 amide bonds. The Bertz CT molecular complexity index is 1520. The van der Waals surface area contributed by atoms with Crippen LogP contribution in [0.15, 0.2) is 54.6 Å². The summed E-state index contributed by atoms with van der Waals surface area (Å²) in [5.74, 6) is -1.99. The molecule has 0 spiro atoms. The molecule has 42 heavy (non-hydrogen) atoms. The van der Waals surface area contributed by atoms with Gasteiger partial charge in [-0.25, -0.2) is 32.0 Å². The van der Waals surface area contributed by atoms with Crippen LogP contribution in [0.1, 0.15) is 52.8 Å². The van der Waals surface area contributed by atoms with Crippen molar-refractivity contribution in [1.29, 1.82) is 0 Å². The molecule has 1 fully saturated rings. The molecule has 9 nitrogen and oxygen atoms in total. The van der Waals surface area contributed by atoms with Crippen molar-refractivity contribution in [2.75, 3.05) is 35.3 Å². The molecule has 1 saturated heterocycles. The van der Waals surface area contributed by atoms with Crippen LogP contribution < -0.4 is 15.5 Å². The third kappa shape index (κ3) is 6.70. The summed E-state index contributed by atoms with van der Waals surface area (Å²) in [7, 11) is -3.57. The number of carbonyl (C=O) groups excluding carboxylic acids is 1. The third-order valence-electron chi connectivity index (χ3n) is 7.37. The first kappa shape index (κ1) is 31.3. The molecule has 0 unspecified atom stereocenters. The van der Waals surface area contributed by atoms with E-state index in [4.69, 9.17) is 14.7 Å². The van der Waals surface area contributed by atoms with Crippen LogP contribution >= 0.6 is 0 Å². The Balaban J connectivity index is 1.60. The molecular formula is C30H37F2N5O4S. The van der Waals surface area contributed by atoms with Crippen LogP contribution in [0, 0.1) is 0 Å². The van der Waals surface area contributed by atoms with E-state index < -0.39 is 31.8 Å². The number of alkyl halides is 2. The summed E-state index contributed by atoms with van der Waals surface area (Å²) in [6.45, 7) is 11.1. The van der Waals surface area contributed by atoms with E-state index >= 15 is 0 Å². The van der Waals surface area contributed by atoms with Gasteiger partial charge in [0.25, 0.3) is 5.92 Å². The number of anilines is 3. The van der Waals surface area contributed by atoms with E-state index in [0.717, 1.165) is 6.92 Å². The van der Waals surface area contributed by atoms with Crippen LogP contribution in [-0.2, 0) is 25.2 Å². The number of halogens is 2. The van der Waals surface area contributed by atoms with Gasteiger partial charge in [-0.1, -0.05) is 12.1 Å². The number of carbonyl (C=O) groups is 1. The second kappa shape index (κ2) is 11.9. The summed E-state index contributed by atoms with van der Waals surface area (Å²) in [6.07, 6.45) is 0. The Morgan fingerprint density at radius 1 is 1.00 bits per heavy atom. The lowest BCUT2D eigenvalue weighted by molar-refractivity contribution is 0.0175. The molecular weight excluding hydrogens is 564 g/mol. The molecule has 2 heterocycles. The van der Waals surface area contributed by atoms with Gasteiger partial charge < -0.3 is 20.3 Å². The highest BCUT2D eigenvalue weighted by Gasteiger charge is 2.40. The molecule has 0 radical (unpaired) electrons. The fourth-order valence-electron chi connectivity index (χ4n) is 4.66. The lowest BCUT2D eigenvalue weighted by atomic mass is 10.1. The van der Waals surface area contributed by atoms with E-state index in [1.54, 1.807) is 58.0 Å². The Morgan fingerprint density at radius 2 is 1.57 bits per heavy atom. The number of sulfone groups is 1. The van der Waals surface area contributed by atoms with Crippen LogP contribution in [0.2, 0.25) is 0 Å². The number of morpholine rings is 1. The zero-order valence-electron chi connectivity index (χ0n) is 24.6. The van der Waals surface area contributed by atoms with Gasteiger partial charge in [0.1, 0.15) is 10.6 Å². The topological polar surface area (TPSA) is 114 Å². The number of aromatic nitrogens is 2. The molecule has 1 aliphatic heterocycles. The molecule has 4 rings (SSSR count). The Labute approximate surface area is 245 Å². The molecule has 12 heteroatoms. The highest BCUT2D eigenvalue weighted by Crippen LogP contribution is 2.35. The van der Waals surface area contributed by atoms with E-state index in [0.29, 0.717) is 54.0 Å². The van der Waals surface area contributed by atoms with Crippen molar-refractivity contribution in [3.05, 3.63) is 65.9 Å². The van der Waals surface area contributed by atoms with Gasteiger partial charge in [0.05, 0.1) is 30.2 Å². The van der Waals surface area contributed by atoms with Crippen molar-refractivity contribution in [3.8, 4) is 11.4 Å². The SMILES string of the molecule is CC(C)S(=O)(=O)C(C)(C)c1cc(N2CCOC[C@@H]2C)nc(-c2ccc(NC(=O)Nc3ccc(C(C)(F)F)cc3)cc2)n1. The average Bonchev–Trinajstić information content (AvgIpc) is 2.93. The number of nitrogens with zero attached hydrogens (tertiary/aromatic N) is 3. The van der Waals surface area contributed by atoms with Gasteiger partial charge in [-0.2, -0.15) is 0 Å². The van der Waals surface area contributed by atoms with Gasteiger partial charge in [-0.15, -0.1) is 0 Å². The van der Waals surface area contributed by atoms with Crippen LogP contribution in [0.5, 0.6) is 0 Å². The number of urea groups is 1. The molecule has 1 atom stereocenters. The number of hydrogen-bond acceptors (Lipinski definition) is 7. The Morgan fingerprint density at radius 3 is 2.10 bits per heavy atom. The molecule has 0 aliphatic carbocycles. The minimum absolute atomic E-state index is 0.0407. The second-order valence-corrected chi connectivity index (χ2v) is 14.3. The van der Waals surface area contributed by atoms with E-state index in [1.165, 1.54) is 24.3 Å². The number of benzene rings is 2. The van der Waals surface area contributed by atoms with Crippen molar-refractivity contribution in [3.63, 3.8) is 0 Å². The van der Waals surface area contributed by atoms with Crippen molar-refractivity contribution >= 4 is 33.1 Å². The highest BCUT2D eigenvalue weighted by molar-refractivity contribution is 7.92. The smallest absolute Gasteiger partial charge is 0.323 e. The fraction of sp³-hybridized carbons (Fsp3) is 0.433. The van der Waals surface area contributed by atoms with Crippen LogP contribution in [0.4, 0.5) is 30.8 Å². The summed E-state index contributed by atoms with van der Waals surface area (Å²) in [5, 5.41) is 4.73. The van der Waals surface area contributed by atoms with Gasteiger partial charge in [-0.3, -0.25) is 0 Å². The van der Waals surface area contributed by atoms with Gasteiger partial charge >= 0.3 is 6.03 Å². The first-order valence-electron chi connectivity index (χ1n) is 13.7. The quantitative estimate of drug-likeness (QED) is 0.317. The summed E-state index contributed by atoms with van der Waals surface area (Å²) >= 11 is 0. The zero-order chi connectivity index (χ0) is 30.9. The van der Waals surface area contributed by atoms with Crippen LogP contribution in [-0.4, -0.2) is 55.5 Å². The van der Waals surface area contributed by atoms with Crippen molar-refractivity contribution < 1.29 is 26.7 Å². The second-order valence-electron chi connectivity index (χ2n) is 11.3. The molecule has 1 aliphatic rings. The molecule has 2 aromatic carbocycles. The molecule has 0 bridgehead atoms. The fourth-order valence-corrected chi connectivity index (χ4v) is 6.24. The standard InChI is InChI=1S/C30H37F2N5O4S/c1-19(2)42(39,40)29(4,5)25-17-26(37-15-16-41-18-20(37)3)36-27(35-25)21-7-11-23(12-8-21)33-28(38)34-24-13-9-22(10-14-24)30(6,31)32/h7-14,17,19-20H,15-16,18H2,1-6H3,(H2,33,34,38)/t20-/m0/s1. The normalized spacial score (nSPS) is 16.4. The first-order chi connectivity index (χ1) is 19.6. The van der Waals surface area contributed by atoms with Crippen LogP contribution in [0.25, 0.3) is 11.4 Å². The highest BCUT2D eigenvalue weighted by atomic mass is 32.2. The van der Waals surface area contributed by atoms with E-state index in [9.17, 15) is 22.0 Å². The van der Waals surface area contributed by atoms with E-state index in [1.807, 2.05) is 6.92 Å². The largest absolute Gasteiger partial charge is 0.377 e. The minimum atomic E-state index is -3.57. The molecule has 226 valence electrons. The van der Waals surface area contributed by atoms with Crippen LogP contribution in [0.3, 0.4) is 0 Å². The zero-order valence-corrected chi connectivity index (χ0v) is 25.4. The lowest BCUT2D eigenvalue weighted by Gasteiger charge is -2.35. The van der Waals surface area contributed by atoms with E-state index in [2.05, 4.69) is 15.5 Å². The molecule has 3 aromatic rings. The van der Waals surface area contributed by atoms with E-state index in [-0.39, 0.29) is 11.6 Å². The number of ether oxygens (including phenoxy) is 1. The maximum Gasteiger partial charge on any atom is 0.323 e. The summed E-state index contributed by atoms with van der Waals surface area (Å²) in [5.41, 5.74) is 1.73. The van der Waals surface area contributed by atoms with Gasteiger partial charge in [0.15, 0.2) is 15.7 Å². The Hall–Kier alpha value is -3.64. The monoisotopic (exact) mass is 601 g/mol. The molecule has 1 aromatic heterocycles. The summed E-state index contributed by atoms with van der Waals surface area (Å²) < 4.78 is 57.8. The molecule has 2 N–H and O–H groups in total. The van der Waals surface area contributed by atoms with Gasteiger partial charge in [-0.05, 0) is 71.0 Å². The number of amides is 2. The predicted molar refractivity (Wildman–Crippen MR) is 161 cm³/mol. The van der Waals surface area contributed by atoms with Gasteiger partial charge in [0, 0.05) is 42.0 Å². The number of hydrogen-bond donors (Lipinski definition) is 2. The summed E-state index contributed by atoms with van der Waals surface area (Å²) in [6, 6.07) is 13.4. The van der Waals surface area contributed by atoms with Crippen molar-refractivity contribution in [2.24, 2.45) is 0 Å². The lowest BCUT2D eigenvalue weighted by Crippen LogP contribution is -2.44. The predicted octanol–water partition coefficient (Wildman–Crippen LogP) is 6.18. The third-order valence-corrected chi connectivity index (χ3v) is 10.2. The maximum atomic E-state index is 13.4. The van der Waals surface area contributed by atoms with Crippen molar-refractivity contribution in [2.45, 2.75) is 63.5 Å². The first-order valence-corrected chi connectivity index (χ1v) is 15.3.